The summed E-state index contributed by atoms with van der Waals surface area (Å²) in [7, 11) is 4.91. The summed E-state index contributed by atoms with van der Waals surface area (Å²) in [6.45, 7) is 0.135. The minimum absolute atomic E-state index is 0.162. The maximum Gasteiger partial charge on any atom is 0.258 e. The zero-order valence-corrected chi connectivity index (χ0v) is 19.2. The first-order valence-corrected chi connectivity index (χ1v) is 10.8. The number of methoxy groups -OCH3 is 2. The Morgan fingerprint density at radius 3 is 2.53 bits per heavy atom. The second-order valence-corrected chi connectivity index (χ2v) is 7.98. The molecule has 0 aliphatic carbocycles. The molecule has 34 heavy (non-hydrogen) atoms. The number of ether oxygens (including phenoxy) is 3. The molecular formula is C24H26N4O6. The number of nitrogens with zero attached hydrogens (tertiary/aromatic N) is 2. The van der Waals surface area contributed by atoms with Crippen molar-refractivity contribution in [3.63, 3.8) is 0 Å². The Morgan fingerprint density at radius 2 is 1.85 bits per heavy atom. The molecule has 2 aromatic carbocycles. The third-order valence-corrected chi connectivity index (χ3v) is 5.69. The van der Waals surface area contributed by atoms with E-state index < -0.39 is 5.92 Å². The van der Waals surface area contributed by atoms with Crippen LogP contribution in [0.1, 0.15) is 30.0 Å². The van der Waals surface area contributed by atoms with Gasteiger partial charge in [-0.3, -0.25) is 24.4 Å². The molecule has 1 atom stereocenters. The van der Waals surface area contributed by atoms with E-state index in [1.807, 2.05) is 18.2 Å². The molecule has 1 aliphatic rings. The maximum atomic E-state index is 12.3. The van der Waals surface area contributed by atoms with Gasteiger partial charge in [-0.25, -0.2) is 0 Å². The van der Waals surface area contributed by atoms with Crippen LogP contribution in [0.25, 0.3) is 10.9 Å². The summed E-state index contributed by atoms with van der Waals surface area (Å²) >= 11 is 0. The molecule has 0 radical (unpaired) electrons. The van der Waals surface area contributed by atoms with Crippen LogP contribution in [-0.4, -0.2) is 48.3 Å². The predicted molar refractivity (Wildman–Crippen MR) is 123 cm³/mol. The Kier molecular flexibility index (Phi) is 6.67. The van der Waals surface area contributed by atoms with Crippen molar-refractivity contribution in [3.8, 4) is 17.2 Å². The molecule has 1 unspecified atom stereocenters. The molecular weight excluding hydrogens is 440 g/mol. The van der Waals surface area contributed by atoms with Crippen LogP contribution in [0.15, 0.2) is 36.4 Å². The van der Waals surface area contributed by atoms with Crippen molar-refractivity contribution < 1.29 is 28.6 Å². The summed E-state index contributed by atoms with van der Waals surface area (Å²) in [5.41, 5.74) is 2.23. The molecule has 0 spiro atoms. The standard InChI is InChI=1S/C24H26N4O6/c1-28-20-11-15(4-5-18(20)23(27-28)19-6-7-21(29)26-24(19)31)34-13-22(30)25-12-14-8-16(32-2)10-17(9-14)33-3/h4-5,8-11,19H,6-7,12-13H2,1-3H3,(H,25,30)(H,26,29,31). The lowest BCUT2D eigenvalue weighted by molar-refractivity contribution is -0.134. The molecule has 178 valence electrons. The number of nitrogens with one attached hydrogen (secondary N) is 2. The van der Waals surface area contributed by atoms with Crippen LogP contribution in [0.3, 0.4) is 0 Å². The first-order chi connectivity index (χ1) is 16.4. The molecule has 10 heteroatoms. The summed E-state index contributed by atoms with van der Waals surface area (Å²) in [4.78, 5) is 36.0. The molecule has 1 fully saturated rings. The molecule has 0 saturated carbocycles. The highest BCUT2D eigenvalue weighted by atomic mass is 16.5. The Labute approximate surface area is 196 Å². The predicted octanol–water partition coefficient (Wildman–Crippen LogP) is 1.81. The lowest BCUT2D eigenvalue weighted by atomic mass is 9.93. The van der Waals surface area contributed by atoms with Gasteiger partial charge in [0.25, 0.3) is 5.91 Å². The van der Waals surface area contributed by atoms with E-state index in [-0.39, 0.29) is 30.7 Å². The van der Waals surface area contributed by atoms with Gasteiger partial charge in [0.05, 0.1) is 31.3 Å². The van der Waals surface area contributed by atoms with Crippen LogP contribution < -0.4 is 24.8 Å². The maximum absolute atomic E-state index is 12.3. The van der Waals surface area contributed by atoms with Crippen LogP contribution in [0.4, 0.5) is 0 Å². The van der Waals surface area contributed by atoms with Gasteiger partial charge in [-0.15, -0.1) is 0 Å². The molecule has 0 bridgehead atoms. The van der Waals surface area contributed by atoms with Gasteiger partial charge in [0.15, 0.2) is 6.61 Å². The molecule has 1 aromatic heterocycles. The van der Waals surface area contributed by atoms with Gasteiger partial charge >= 0.3 is 0 Å². The van der Waals surface area contributed by atoms with Gasteiger partial charge in [-0.2, -0.15) is 5.10 Å². The van der Waals surface area contributed by atoms with Gasteiger partial charge in [-0.05, 0) is 36.2 Å². The highest BCUT2D eigenvalue weighted by Crippen LogP contribution is 2.32. The lowest BCUT2D eigenvalue weighted by Crippen LogP contribution is -2.39. The average Bonchev–Trinajstić information content (AvgIpc) is 3.16. The van der Waals surface area contributed by atoms with Crippen molar-refractivity contribution in [3.05, 3.63) is 47.7 Å². The molecule has 1 aliphatic heterocycles. The van der Waals surface area contributed by atoms with Crippen LogP contribution >= 0.6 is 0 Å². The van der Waals surface area contributed by atoms with Crippen molar-refractivity contribution in [2.24, 2.45) is 7.05 Å². The third-order valence-electron chi connectivity index (χ3n) is 5.69. The van der Waals surface area contributed by atoms with Crippen molar-refractivity contribution in [2.75, 3.05) is 20.8 Å². The topological polar surface area (TPSA) is 121 Å². The number of piperidine rings is 1. The SMILES string of the molecule is COc1cc(CNC(=O)COc2ccc3c(C4CCC(=O)NC4=O)nn(C)c3c2)cc(OC)c1. The Morgan fingerprint density at radius 1 is 1.12 bits per heavy atom. The summed E-state index contributed by atoms with van der Waals surface area (Å²) in [6, 6.07) is 10.7. The van der Waals surface area contributed by atoms with E-state index in [1.165, 1.54) is 0 Å². The number of carbonyl (C=O) groups is 3. The van der Waals surface area contributed by atoms with Gasteiger partial charge in [-0.1, -0.05) is 0 Å². The largest absolute Gasteiger partial charge is 0.497 e. The van der Waals surface area contributed by atoms with E-state index in [0.29, 0.717) is 35.9 Å². The summed E-state index contributed by atoms with van der Waals surface area (Å²) in [5, 5.41) is 10.5. The molecule has 3 aromatic rings. The molecule has 10 nitrogen and oxygen atoms in total. The minimum atomic E-state index is -0.478. The van der Waals surface area contributed by atoms with Gasteiger partial charge in [0.2, 0.25) is 11.8 Å². The normalized spacial score (nSPS) is 15.7. The van der Waals surface area contributed by atoms with E-state index in [9.17, 15) is 14.4 Å². The van der Waals surface area contributed by atoms with Gasteiger partial charge in [0.1, 0.15) is 17.2 Å². The van der Waals surface area contributed by atoms with Crippen molar-refractivity contribution in [2.45, 2.75) is 25.3 Å². The number of amides is 3. The zero-order valence-electron chi connectivity index (χ0n) is 19.2. The fourth-order valence-electron chi connectivity index (χ4n) is 3.94. The van der Waals surface area contributed by atoms with Crippen molar-refractivity contribution in [1.82, 2.24) is 20.4 Å². The number of carbonyl (C=O) groups excluding carboxylic acids is 3. The third kappa shape index (κ3) is 4.95. The second kappa shape index (κ2) is 9.82. The molecule has 2 N–H and O–H groups in total. The fourth-order valence-corrected chi connectivity index (χ4v) is 3.94. The van der Waals surface area contributed by atoms with Crippen LogP contribution in [0.2, 0.25) is 0 Å². The number of hydrogen-bond donors (Lipinski definition) is 2. The van der Waals surface area contributed by atoms with E-state index in [1.54, 1.807) is 44.1 Å². The van der Waals surface area contributed by atoms with E-state index in [0.717, 1.165) is 16.5 Å². The number of benzene rings is 2. The Balaban J connectivity index is 1.39. The monoisotopic (exact) mass is 466 g/mol. The Bertz CT molecular complexity index is 1230. The van der Waals surface area contributed by atoms with Crippen molar-refractivity contribution in [1.29, 1.82) is 0 Å². The number of hydrogen-bond acceptors (Lipinski definition) is 7. The number of aromatic nitrogens is 2. The van der Waals surface area contributed by atoms with Gasteiger partial charge < -0.3 is 19.5 Å². The number of aryl methyl sites for hydroxylation is 1. The first-order valence-electron chi connectivity index (χ1n) is 10.8. The zero-order chi connectivity index (χ0) is 24.2. The first kappa shape index (κ1) is 23.1. The van der Waals surface area contributed by atoms with Crippen LogP contribution in [-0.2, 0) is 28.0 Å². The molecule has 2 heterocycles. The van der Waals surface area contributed by atoms with Crippen LogP contribution in [0.5, 0.6) is 17.2 Å². The van der Waals surface area contributed by atoms with Crippen molar-refractivity contribution >= 4 is 28.6 Å². The second-order valence-electron chi connectivity index (χ2n) is 7.98. The highest BCUT2D eigenvalue weighted by molar-refractivity contribution is 6.02. The highest BCUT2D eigenvalue weighted by Gasteiger charge is 2.31. The number of imide groups is 1. The molecule has 4 rings (SSSR count). The van der Waals surface area contributed by atoms with E-state index >= 15 is 0 Å². The minimum Gasteiger partial charge on any atom is -0.497 e. The average molecular weight is 466 g/mol. The number of rotatable bonds is 8. The summed E-state index contributed by atoms with van der Waals surface area (Å²) in [5.74, 6) is 0.429. The quantitative estimate of drug-likeness (QED) is 0.486. The van der Waals surface area contributed by atoms with E-state index in [4.69, 9.17) is 14.2 Å². The molecule has 1 saturated heterocycles. The Hall–Kier alpha value is -4.08. The fraction of sp³-hybridized carbons (Fsp3) is 0.333. The molecule has 3 amide bonds. The number of fused-ring (bicyclic) bond motifs is 1. The van der Waals surface area contributed by atoms with E-state index in [2.05, 4.69) is 15.7 Å². The lowest BCUT2D eigenvalue weighted by Gasteiger charge is -2.19. The smallest absolute Gasteiger partial charge is 0.258 e. The summed E-state index contributed by atoms with van der Waals surface area (Å²) in [6.07, 6.45) is 0.710. The van der Waals surface area contributed by atoms with Gasteiger partial charge in [0, 0.05) is 37.5 Å². The van der Waals surface area contributed by atoms with Crippen LogP contribution in [0, 0.1) is 0 Å². The summed E-state index contributed by atoms with van der Waals surface area (Å²) < 4.78 is 17.8.